The highest BCUT2D eigenvalue weighted by Gasteiger charge is 2.20. The minimum absolute atomic E-state index is 0.199. The van der Waals surface area contributed by atoms with E-state index in [9.17, 15) is 4.79 Å². The zero-order chi connectivity index (χ0) is 14.8. The number of aromatic nitrogens is 1. The summed E-state index contributed by atoms with van der Waals surface area (Å²) in [4.78, 5) is 16.3. The van der Waals surface area contributed by atoms with E-state index in [4.69, 9.17) is 8.83 Å². The molecule has 3 rings (SSSR count). The lowest BCUT2D eigenvalue weighted by Gasteiger charge is -2.08. The fourth-order valence-corrected chi connectivity index (χ4v) is 2.13. The lowest BCUT2D eigenvalue weighted by atomic mass is 10.1. The lowest BCUT2D eigenvalue weighted by Crippen LogP contribution is -2.14. The molecule has 2 aromatic heterocycles. The summed E-state index contributed by atoms with van der Waals surface area (Å²) in [5.41, 5.74) is 3.08. The second kappa shape index (κ2) is 5.28. The SMILES string of the molecule is Cc1ccc(NC(=O)c2ncoc2-c2ccco2)c(C)c1. The van der Waals surface area contributed by atoms with Crippen molar-refractivity contribution in [1.29, 1.82) is 0 Å². The molecular weight excluding hydrogens is 268 g/mol. The van der Waals surface area contributed by atoms with Crippen LogP contribution in [-0.4, -0.2) is 10.9 Å². The number of anilines is 1. The topological polar surface area (TPSA) is 68.3 Å². The molecule has 1 aromatic carbocycles. The Kier molecular flexibility index (Phi) is 3.31. The Morgan fingerprint density at radius 1 is 1.19 bits per heavy atom. The Morgan fingerprint density at radius 2 is 2.05 bits per heavy atom. The highest BCUT2D eigenvalue weighted by molar-refractivity contribution is 6.06. The first-order chi connectivity index (χ1) is 10.1. The number of carbonyl (C=O) groups excluding carboxylic acids is 1. The maximum absolute atomic E-state index is 12.4. The summed E-state index contributed by atoms with van der Waals surface area (Å²) in [6.45, 7) is 3.95. The van der Waals surface area contributed by atoms with Crippen molar-refractivity contribution in [2.45, 2.75) is 13.8 Å². The van der Waals surface area contributed by atoms with Gasteiger partial charge in [-0.1, -0.05) is 17.7 Å². The first-order valence-electron chi connectivity index (χ1n) is 6.51. The molecule has 0 fully saturated rings. The minimum Gasteiger partial charge on any atom is -0.461 e. The molecule has 0 atom stereocenters. The number of amides is 1. The van der Waals surface area contributed by atoms with Crippen molar-refractivity contribution in [3.05, 3.63) is 59.8 Å². The summed E-state index contributed by atoms with van der Waals surface area (Å²) in [5, 5.41) is 2.84. The van der Waals surface area contributed by atoms with Crippen LogP contribution in [0.1, 0.15) is 21.6 Å². The van der Waals surface area contributed by atoms with Gasteiger partial charge in [0.2, 0.25) is 5.76 Å². The molecule has 2 heterocycles. The average Bonchev–Trinajstić information content (AvgIpc) is 3.10. The third-order valence-electron chi connectivity index (χ3n) is 3.16. The second-order valence-corrected chi connectivity index (χ2v) is 4.78. The van der Waals surface area contributed by atoms with Gasteiger partial charge in [0.15, 0.2) is 17.8 Å². The third kappa shape index (κ3) is 2.58. The summed E-state index contributed by atoms with van der Waals surface area (Å²) in [6, 6.07) is 9.26. The van der Waals surface area contributed by atoms with Crippen molar-refractivity contribution >= 4 is 11.6 Å². The van der Waals surface area contributed by atoms with Crippen molar-refractivity contribution in [2.75, 3.05) is 5.32 Å². The fourth-order valence-electron chi connectivity index (χ4n) is 2.13. The van der Waals surface area contributed by atoms with Gasteiger partial charge >= 0.3 is 0 Å². The Balaban J connectivity index is 1.88. The number of nitrogens with zero attached hydrogens (tertiary/aromatic N) is 1. The van der Waals surface area contributed by atoms with E-state index < -0.39 is 0 Å². The molecule has 0 aliphatic rings. The van der Waals surface area contributed by atoms with Crippen molar-refractivity contribution in [3.8, 4) is 11.5 Å². The van der Waals surface area contributed by atoms with Crippen molar-refractivity contribution in [2.24, 2.45) is 0 Å². The van der Waals surface area contributed by atoms with E-state index in [2.05, 4.69) is 10.3 Å². The minimum atomic E-state index is -0.331. The number of benzene rings is 1. The van der Waals surface area contributed by atoms with Crippen LogP contribution in [0.3, 0.4) is 0 Å². The highest BCUT2D eigenvalue weighted by Crippen LogP contribution is 2.25. The molecule has 0 bridgehead atoms. The van der Waals surface area contributed by atoms with E-state index in [0.29, 0.717) is 11.5 Å². The predicted octanol–water partition coefficient (Wildman–Crippen LogP) is 3.80. The zero-order valence-electron chi connectivity index (χ0n) is 11.7. The largest absolute Gasteiger partial charge is 0.461 e. The number of aryl methyl sites for hydroxylation is 2. The monoisotopic (exact) mass is 282 g/mol. The lowest BCUT2D eigenvalue weighted by molar-refractivity contribution is 0.102. The zero-order valence-corrected chi connectivity index (χ0v) is 11.7. The number of carbonyl (C=O) groups is 1. The van der Waals surface area contributed by atoms with Gasteiger partial charge in [0.1, 0.15) is 0 Å². The second-order valence-electron chi connectivity index (χ2n) is 4.78. The molecule has 106 valence electrons. The van der Waals surface area contributed by atoms with Crippen LogP contribution in [0.2, 0.25) is 0 Å². The van der Waals surface area contributed by atoms with Crippen LogP contribution in [0.15, 0.2) is 51.8 Å². The van der Waals surface area contributed by atoms with E-state index >= 15 is 0 Å². The van der Waals surface area contributed by atoms with Crippen LogP contribution in [-0.2, 0) is 0 Å². The van der Waals surface area contributed by atoms with Crippen LogP contribution in [0.25, 0.3) is 11.5 Å². The highest BCUT2D eigenvalue weighted by atomic mass is 16.4. The summed E-state index contributed by atoms with van der Waals surface area (Å²) < 4.78 is 10.5. The molecule has 0 unspecified atom stereocenters. The molecule has 0 radical (unpaired) electrons. The van der Waals surface area contributed by atoms with Crippen LogP contribution in [0.5, 0.6) is 0 Å². The van der Waals surface area contributed by atoms with Gasteiger partial charge in [0.25, 0.3) is 5.91 Å². The van der Waals surface area contributed by atoms with Gasteiger partial charge in [-0.25, -0.2) is 4.98 Å². The normalized spacial score (nSPS) is 10.6. The molecule has 0 aliphatic heterocycles. The van der Waals surface area contributed by atoms with Crippen LogP contribution < -0.4 is 5.32 Å². The van der Waals surface area contributed by atoms with E-state index in [1.165, 1.54) is 12.7 Å². The summed E-state index contributed by atoms with van der Waals surface area (Å²) >= 11 is 0. The fraction of sp³-hybridized carbons (Fsp3) is 0.125. The van der Waals surface area contributed by atoms with E-state index in [1.54, 1.807) is 12.1 Å². The summed E-state index contributed by atoms with van der Waals surface area (Å²) in [6.07, 6.45) is 2.75. The molecular formula is C16H14N2O3. The molecule has 0 saturated carbocycles. The van der Waals surface area contributed by atoms with Gasteiger partial charge < -0.3 is 14.2 Å². The van der Waals surface area contributed by atoms with Gasteiger partial charge in [-0.2, -0.15) is 0 Å². The number of hydrogen-bond acceptors (Lipinski definition) is 4. The van der Waals surface area contributed by atoms with Gasteiger partial charge in [-0.05, 0) is 37.6 Å². The molecule has 0 aliphatic carbocycles. The number of nitrogens with one attached hydrogen (secondary N) is 1. The molecule has 3 aromatic rings. The number of rotatable bonds is 3. The molecule has 5 heteroatoms. The van der Waals surface area contributed by atoms with Gasteiger partial charge in [-0.3, -0.25) is 4.79 Å². The maximum atomic E-state index is 12.4. The number of hydrogen-bond donors (Lipinski definition) is 1. The Hall–Kier alpha value is -2.82. The van der Waals surface area contributed by atoms with Gasteiger partial charge in [0, 0.05) is 5.69 Å². The van der Waals surface area contributed by atoms with Crippen LogP contribution in [0, 0.1) is 13.8 Å². The quantitative estimate of drug-likeness (QED) is 0.793. The van der Waals surface area contributed by atoms with E-state index in [-0.39, 0.29) is 11.6 Å². The van der Waals surface area contributed by atoms with Crippen LogP contribution in [0.4, 0.5) is 5.69 Å². The van der Waals surface area contributed by atoms with E-state index in [0.717, 1.165) is 16.8 Å². The van der Waals surface area contributed by atoms with Gasteiger partial charge in [0.05, 0.1) is 6.26 Å². The number of furan rings is 1. The maximum Gasteiger partial charge on any atom is 0.278 e. The standard InChI is InChI=1S/C16H14N2O3/c1-10-5-6-12(11(2)8-10)18-16(19)14-15(21-9-17-14)13-4-3-7-20-13/h3-9H,1-2H3,(H,18,19). The molecule has 1 amide bonds. The van der Waals surface area contributed by atoms with Crippen molar-refractivity contribution < 1.29 is 13.6 Å². The Morgan fingerprint density at radius 3 is 2.76 bits per heavy atom. The Labute approximate surface area is 121 Å². The van der Waals surface area contributed by atoms with Crippen molar-refractivity contribution in [3.63, 3.8) is 0 Å². The Bertz CT molecular complexity index is 773. The molecule has 5 nitrogen and oxygen atoms in total. The first-order valence-corrected chi connectivity index (χ1v) is 6.51. The van der Waals surface area contributed by atoms with E-state index in [1.807, 2.05) is 32.0 Å². The van der Waals surface area contributed by atoms with Crippen LogP contribution >= 0.6 is 0 Å². The predicted molar refractivity (Wildman–Crippen MR) is 78.1 cm³/mol. The third-order valence-corrected chi connectivity index (χ3v) is 3.16. The summed E-state index contributed by atoms with van der Waals surface area (Å²) in [7, 11) is 0. The molecule has 21 heavy (non-hydrogen) atoms. The molecule has 0 spiro atoms. The molecule has 1 N–H and O–H groups in total. The smallest absolute Gasteiger partial charge is 0.278 e. The summed E-state index contributed by atoms with van der Waals surface area (Å²) in [5.74, 6) is 0.461. The van der Waals surface area contributed by atoms with Crippen molar-refractivity contribution in [1.82, 2.24) is 4.98 Å². The first kappa shape index (κ1) is 13.2. The number of oxazole rings is 1. The van der Waals surface area contributed by atoms with Gasteiger partial charge in [-0.15, -0.1) is 0 Å². The molecule has 0 saturated heterocycles. The average molecular weight is 282 g/mol.